The molecule has 1 rings (SSSR count). The summed E-state index contributed by atoms with van der Waals surface area (Å²) in [7, 11) is 0. The van der Waals surface area contributed by atoms with Crippen molar-refractivity contribution in [3.63, 3.8) is 0 Å². The van der Waals surface area contributed by atoms with Crippen molar-refractivity contribution in [2.75, 3.05) is 11.9 Å². The molecule has 0 aromatic heterocycles. The van der Waals surface area contributed by atoms with E-state index in [1.54, 1.807) is 12.1 Å². The Bertz CT molecular complexity index is 546. The summed E-state index contributed by atoms with van der Waals surface area (Å²) in [6, 6.07) is 7.29. The van der Waals surface area contributed by atoms with Gasteiger partial charge >= 0.3 is 5.97 Å². The van der Waals surface area contributed by atoms with E-state index in [1.165, 1.54) is 18.7 Å². The van der Waals surface area contributed by atoms with Crippen molar-refractivity contribution < 1.29 is 19.5 Å². The highest BCUT2D eigenvalue weighted by atomic mass is 32.2. The van der Waals surface area contributed by atoms with E-state index >= 15 is 0 Å². The molecule has 0 radical (unpaired) electrons. The van der Waals surface area contributed by atoms with E-state index in [1.807, 2.05) is 19.1 Å². The first-order valence-corrected chi connectivity index (χ1v) is 8.30. The number of rotatable bonds is 9. The van der Waals surface area contributed by atoms with E-state index in [2.05, 4.69) is 10.6 Å². The number of nitrogens with one attached hydrogen (secondary N) is 2. The molecule has 0 bridgehead atoms. The summed E-state index contributed by atoms with van der Waals surface area (Å²) in [5.41, 5.74) is 0.720. The Morgan fingerprint density at radius 3 is 2.39 bits per heavy atom. The lowest BCUT2D eigenvalue weighted by molar-refractivity contribution is -0.137. The third-order valence-electron chi connectivity index (χ3n) is 2.97. The zero-order chi connectivity index (χ0) is 17.2. The highest BCUT2D eigenvalue weighted by Gasteiger charge is 2.13. The number of carboxylic acid groups (broad SMARTS) is 1. The average molecular weight is 338 g/mol. The Morgan fingerprint density at radius 1 is 1.17 bits per heavy atom. The maximum absolute atomic E-state index is 12.0. The van der Waals surface area contributed by atoms with E-state index in [-0.39, 0.29) is 23.5 Å². The van der Waals surface area contributed by atoms with Crippen LogP contribution < -0.4 is 10.6 Å². The van der Waals surface area contributed by atoms with Crippen LogP contribution in [-0.4, -0.2) is 34.7 Å². The topological polar surface area (TPSA) is 95.5 Å². The molecule has 2 amide bonds. The Labute approximate surface area is 140 Å². The van der Waals surface area contributed by atoms with Crippen molar-refractivity contribution in [1.82, 2.24) is 5.32 Å². The molecule has 7 heteroatoms. The second-order valence-electron chi connectivity index (χ2n) is 5.11. The fraction of sp³-hybridized carbons (Fsp3) is 0.438. The summed E-state index contributed by atoms with van der Waals surface area (Å²) < 4.78 is 0. The molecule has 0 heterocycles. The number of hydrogen-bond acceptors (Lipinski definition) is 4. The zero-order valence-corrected chi connectivity index (χ0v) is 14.1. The van der Waals surface area contributed by atoms with Crippen LogP contribution in [0.2, 0.25) is 0 Å². The largest absolute Gasteiger partial charge is 0.481 e. The molecule has 1 aromatic rings. The van der Waals surface area contributed by atoms with Gasteiger partial charge in [-0.2, -0.15) is 0 Å². The third-order valence-corrected chi connectivity index (χ3v) is 4.09. The lowest BCUT2D eigenvalue weighted by Gasteiger charge is -2.12. The lowest BCUT2D eigenvalue weighted by atomic mass is 10.2. The minimum Gasteiger partial charge on any atom is -0.481 e. The Kier molecular flexibility index (Phi) is 8.18. The third kappa shape index (κ3) is 8.25. The molecule has 0 saturated carbocycles. The summed E-state index contributed by atoms with van der Waals surface area (Å²) in [6.07, 6.45) is 1.34. The van der Waals surface area contributed by atoms with Gasteiger partial charge < -0.3 is 15.7 Å². The van der Waals surface area contributed by atoms with Gasteiger partial charge in [0.2, 0.25) is 11.8 Å². The summed E-state index contributed by atoms with van der Waals surface area (Å²) in [5.74, 6) is -1.01. The van der Waals surface area contributed by atoms with E-state index in [0.29, 0.717) is 19.4 Å². The van der Waals surface area contributed by atoms with Crippen LogP contribution in [0.4, 0.5) is 5.69 Å². The number of carbonyl (C=O) groups is 3. The predicted octanol–water partition coefficient (Wildman–Crippen LogP) is 2.50. The minimum atomic E-state index is -0.817. The summed E-state index contributed by atoms with van der Waals surface area (Å²) >= 11 is 1.43. The fourth-order valence-corrected chi connectivity index (χ4v) is 2.73. The predicted molar refractivity (Wildman–Crippen MR) is 90.6 cm³/mol. The first-order chi connectivity index (χ1) is 10.9. The number of unbranched alkanes of at least 4 members (excludes halogenated alkanes) is 1. The van der Waals surface area contributed by atoms with Gasteiger partial charge in [-0.25, -0.2) is 0 Å². The van der Waals surface area contributed by atoms with Crippen LogP contribution in [0.15, 0.2) is 29.2 Å². The summed E-state index contributed by atoms with van der Waals surface area (Å²) in [4.78, 5) is 34.2. The molecule has 0 spiro atoms. The van der Waals surface area contributed by atoms with Crippen molar-refractivity contribution >= 4 is 35.2 Å². The minimum absolute atomic E-state index is 0.0729. The number of thioether (sulfide) groups is 1. The van der Waals surface area contributed by atoms with Crippen LogP contribution in [-0.2, 0) is 14.4 Å². The van der Waals surface area contributed by atoms with Crippen LogP contribution in [0, 0.1) is 0 Å². The molecule has 0 aliphatic heterocycles. The number of anilines is 1. The van der Waals surface area contributed by atoms with Crippen molar-refractivity contribution in [3.05, 3.63) is 24.3 Å². The first-order valence-electron chi connectivity index (χ1n) is 7.42. The number of hydrogen-bond donors (Lipinski definition) is 3. The molecule has 23 heavy (non-hydrogen) atoms. The molecule has 3 N–H and O–H groups in total. The first kappa shape index (κ1) is 19.0. The van der Waals surface area contributed by atoms with Crippen molar-refractivity contribution in [3.8, 4) is 0 Å². The van der Waals surface area contributed by atoms with Gasteiger partial charge in [0.05, 0.1) is 5.25 Å². The molecule has 126 valence electrons. The van der Waals surface area contributed by atoms with Gasteiger partial charge in [-0.1, -0.05) is 0 Å². The quantitative estimate of drug-likeness (QED) is 0.475. The highest BCUT2D eigenvalue weighted by molar-refractivity contribution is 8.00. The molecule has 1 unspecified atom stereocenters. The normalized spacial score (nSPS) is 11.6. The SMILES string of the molecule is CC(=O)Nc1ccc(SC(C)C(=O)NCCCCC(=O)O)cc1. The van der Waals surface area contributed by atoms with E-state index in [9.17, 15) is 14.4 Å². The molecular formula is C16H22N2O4S. The molecule has 6 nitrogen and oxygen atoms in total. The smallest absolute Gasteiger partial charge is 0.303 e. The van der Waals surface area contributed by atoms with E-state index in [4.69, 9.17) is 5.11 Å². The molecule has 0 fully saturated rings. The molecule has 0 aliphatic carbocycles. The fourth-order valence-electron chi connectivity index (χ4n) is 1.83. The monoisotopic (exact) mass is 338 g/mol. The van der Waals surface area contributed by atoms with Crippen LogP contribution in [0.5, 0.6) is 0 Å². The number of amides is 2. The van der Waals surface area contributed by atoms with Crippen LogP contribution in [0.3, 0.4) is 0 Å². The summed E-state index contributed by atoms with van der Waals surface area (Å²) in [6.45, 7) is 3.75. The zero-order valence-electron chi connectivity index (χ0n) is 13.3. The molecule has 0 saturated heterocycles. The molecular weight excluding hydrogens is 316 g/mol. The second kappa shape index (κ2) is 9.89. The van der Waals surface area contributed by atoms with E-state index in [0.717, 1.165) is 10.6 Å². The van der Waals surface area contributed by atoms with Gasteiger partial charge in [-0.15, -0.1) is 11.8 Å². The Morgan fingerprint density at radius 2 is 1.83 bits per heavy atom. The van der Waals surface area contributed by atoms with E-state index < -0.39 is 5.97 Å². The van der Waals surface area contributed by atoms with Crippen molar-refractivity contribution in [2.45, 2.75) is 43.3 Å². The van der Waals surface area contributed by atoms with Crippen LogP contribution in [0.1, 0.15) is 33.1 Å². The highest BCUT2D eigenvalue weighted by Crippen LogP contribution is 2.24. The van der Waals surface area contributed by atoms with Gasteiger partial charge in [0.25, 0.3) is 0 Å². The number of carboxylic acids is 1. The average Bonchev–Trinajstić information content (AvgIpc) is 2.47. The Balaban J connectivity index is 2.33. The maximum Gasteiger partial charge on any atom is 0.303 e. The maximum atomic E-state index is 12.0. The van der Waals surface area contributed by atoms with Gasteiger partial charge in [0.15, 0.2) is 0 Å². The van der Waals surface area contributed by atoms with Crippen molar-refractivity contribution in [2.24, 2.45) is 0 Å². The van der Waals surface area contributed by atoms with Crippen LogP contribution in [0.25, 0.3) is 0 Å². The van der Waals surface area contributed by atoms with Crippen LogP contribution >= 0.6 is 11.8 Å². The standard InChI is InChI=1S/C16H22N2O4S/c1-11(16(22)17-10-4-3-5-15(20)21)23-14-8-6-13(7-9-14)18-12(2)19/h6-9,11H,3-5,10H2,1-2H3,(H,17,22)(H,18,19)(H,20,21). The van der Waals surface area contributed by atoms with Gasteiger partial charge in [-0.05, 0) is 44.0 Å². The van der Waals surface area contributed by atoms with Gasteiger partial charge in [0, 0.05) is 30.5 Å². The molecule has 0 aliphatic rings. The molecule has 1 atom stereocenters. The van der Waals surface area contributed by atoms with Crippen molar-refractivity contribution in [1.29, 1.82) is 0 Å². The number of benzene rings is 1. The number of aliphatic carboxylic acids is 1. The van der Waals surface area contributed by atoms with Gasteiger partial charge in [0.1, 0.15) is 0 Å². The van der Waals surface area contributed by atoms with Gasteiger partial charge in [-0.3, -0.25) is 14.4 Å². The lowest BCUT2D eigenvalue weighted by Crippen LogP contribution is -2.31. The summed E-state index contributed by atoms with van der Waals surface area (Å²) in [5, 5.41) is 13.8. The second-order valence-corrected chi connectivity index (χ2v) is 6.52. The number of carbonyl (C=O) groups excluding carboxylic acids is 2. The molecule has 1 aromatic carbocycles. The Hall–Kier alpha value is -2.02.